The number of methoxy groups -OCH3 is 1. The van der Waals surface area contributed by atoms with E-state index in [1.165, 1.54) is 16.8 Å². The number of carbonyl (C=O) groups is 2. The largest absolute Gasteiger partial charge is 0.497 e. The van der Waals surface area contributed by atoms with Gasteiger partial charge in [-0.3, -0.25) is 24.0 Å². The molecule has 0 spiro atoms. The molecule has 2 aromatic heterocycles. The Kier molecular flexibility index (Phi) is 8.96. The van der Waals surface area contributed by atoms with Gasteiger partial charge in [-0.15, -0.1) is 0 Å². The molecular weight excluding hydrogens is 581 g/mol. The zero-order valence-electron chi connectivity index (χ0n) is 25.1. The zero-order chi connectivity index (χ0) is 32.2. The van der Waals surface area contributed by atoms with Gasteiger partial charge in [0.1, 0.15) is 23.1 Å². The van der Waals surface area contributed by atoms with Gasteiger partial charge in [0, 0.05) is 41.9 Å². The number of hydrogen-bond acceptors (Lipinski definition) is 7. The molecule has 232 valence electrons. The summed E-state index contributed by atoms with van der Waals surface area (Å²) in [7, 11) is 3.10. The van der Waals surface area contributed by atoms with Crippen molar-refractivity contribution in [2.75, 3.05) is 19.5 Å². The van der Waals surface area contributed by atoms with Crippen LogP contribution in [0.2, 0.25) is 0 Å². The van der Waals surface area contributed by atoms with Crippen molar-refractivity contribution in [2.24, 2.45) is 5.92 Å². The van der Waals surface area contributed by atoms with Gasteiger partial charge in [-0.05, 0) is 56.4 Å². The molecule has 5 rings (SSSR count). The Morgan fingerprint density at radius 2 is 1.80 bits per heavy atom. The van der Waals surface area contributed by atoms with Gasteiger partial charge in [-0.2, -0.15) is 0 Å². The topological polar surface area (TPSA) is 137 Å². The van der Waals surface area contributed by atoms with Crippen molar-refractivity contribution in [3.8, 4) is 22.9 Å². The molecule has 11 nitrogen and oxygen atoms in total. The first kappa shape index (κ1) is 31.0. The van der Waals surface area contributed by atoms with Gasteiger partial charge in [0.2, 0.25) is 0 Å². The lowest BCUT2D eigenvalue weighted by molar-refractivity contribution is -0.140. The Morgan fingerprint density at radius 1 is 1.04 bits per heavy atom. The second-order valence-corrected chi connectivity index (χ2v) is 10.5. The Morgan fingerprint density at radius 3 is 2.47 bits per heavy atom. The van der Waals surface area contributed by atoms with Crippen molar-refractivity contribution < 1.29 is 28.6 Å². The average molecular weight is 614 g/mol. The van der Waals surface area contributed by atoms with Gasteiger partial charge >= 0.3 is 5.97 Å². The lowest BCUT2D eigenvalue weighted by atomic mass is 10.0. The first-order chi connectivity index (χ1) is 21.6. The number of fused-ring (bicyclic) bond motifs is 1. The predicted octanol–water partition coefficient (Wildman–Crippen LogP) is 5.00. The molecule has 3 aromatic carbocycles. The molecule has 5 aromatic rings. The molecule has 0 radical (unpaired) electrons. The van der Waals surface area contributed by atoms with Crippen LogP contribution in [0, 0.1) is 18.7 Å². The highest BCUT2D eigenvalue weighted by atomic mass is 19.1. The number of para-hydroxylation sites is 1. The average Bonchev–Trinajstić information content (AvgIpc) is 3.27. The van der Waals surface area contributed by atoms with Gasteiger partial charge in [0.25, 0.3) is 11.5 Å². The van der Waals surface area contributed by atoms with Crippen molar-refractivity contribution in [2.45, 2.75) is 26.4 Å². The third kappa shape index (κ3) is 6.27. The molecule has 0 aliphatic rings. The number of nitrogens with one attached hydrogen (secondary N) is 2. The number of hydrogen-bond donors (Lipinski definition) is 3. The van der Waals surface area contributed by atoms with Gasteiger partial charge < -0.3 is 25.2 Å². The van der Waals surface area contributed by atoms with Crippen LogP contribution in [0.15, 0.2) is 83.8 Å². The molecule has 0 aliphatic heterocycles. The second kappa shape index (κ2) is 13.0. The minimum atomic E-state index is -1.03. The van der Waals surface area contributed by atoms with Crippen LogP contribution in [-0.4, -0.2) is 51.5 Å². The van der Waals surface area contributed by atoms with E-state index in [0.29, 0.717) is 33.8 Å². The molecule has 2 atom stereocenters. The van der Waals surface area contributed by atoms with E-state index in [1.807, 2.05) is 0 Å². The van der Waals surface area contributed by atoms with Crippen LogP contribution in [0.5, 0.6) is 17.2 Å². The molecule has 0 fully saturated rings. The molecule has 1 amide bonds. The number of anilines is 1. The number of likely N-dealkylation sites (N-methyl/N-ethyl adjacent to an activating group) is 1. The fourth-order valence-corrected chi connectivity index (χ4v) is 5.28. The number of carboxylic acids is 1. The SMILES string of the molecule is CNC(C(=O)O)[C@H](C)Cn1c(C)c(C(=O)Nc2ccc(Oc3ccnc4cc(OC)ccc34)c(F)c2)c(=O)n1-c1ccccc1. The maximum absolute atomic E-state index is 15.2. The van der Waals surface area contributed by atoms with Crippen molar-refractivity contribution in [3.63, 3.8) is 0 Å². The maximum atomic E-state index is 15.2. The van der Waals surface area contributed by atoms with E-state index < -0.39 is 35.2 Å². The van der Waals surface area contributed by atoms with Crippen LogP contribution in [0.4, 0.5) is 10.1 Å². The van der Waals surface area contributed by atoms with Crippen LogP contribution in [0.1, 0.15) is 23.0 Å². The number of pyridine rings is 1. The number of ether oxygens (including phenoxy) is 2. The number of benzene rings is 3. The van der Waals surface area contributed by atoms with E-state index in [0.717, 1.165) is 6.07 Å². The van der Waals surface area contributed by atoms with Crippen molar-refractivity contribution >= 4 is 28.5 Å². The normalized spacial score (nSPS) is 12.5. The van der Waals surface area contributed by atoms with Gasteiger partial charge in [0.15, 0.2) is 11.6 Å². The molecule has 1 unspecified atom stereocenters. The molecule has 2 heterocycles. The number of aromatic nitrogens is 3. The highest BCUT2D eigenvalue weighted by Gasteiger charge is 2.28. The smallest absolute Gasteiger partial charge is 0.321 e. The third-order valence-electron chi connectivity index (χ3n) is 7.55. The molecule has 0 saturated heterocycles. The Balaban J connectivity index is 1.43. The molecule has 45 heavy (non-hydrogen) atoms. The van der Waals surface area contributed by atoms with Gasteiger partial charge in [0.05, 0.1) is 24.0 Å². The van der Waals surface area contributed by atoms with Crippen molar-refractivity contribution in [1.29, 1.82) is 0 Å². The van der Waals surface area contributed by atoms with Crippen LogP contribution in [0.25, 0.3) is 16.6 Å². The van der Waals surface area contributed by atoms with E-state index in [-0.39, 0.29) is 23.5 Å². The Labute approximate surface area is 257 Å². The minimum absolute atomic E-state index is 0.0726. The fraction of sp³-hybridized carbons (Fsp3) is 0.212. The molecule has 0 aliphatic carbocycles. The molecule has 12 heteroatoms. The number of aliphatic carboxylic acids is 1. The Bertz CT molecular complexity index is 1940. The number of amides is 1. The molecular formula is C33H32FN5O6. The monoisotopic (exact) mass is 613 g/mol. The number of carboxylic acid groups (broad SMARTS) is 1. The lowest BCUT2D eigenvalue weighted by Crippen LogP contribution is -2.42. The third-order valence-corrected chi connectivity index (χ3v) is 7.55. The number of rotatable bonds is 11. The summed E-state index contributed by atoms with van der Waals surface area (Å²) in [4.78, 5) is 43.3. The zero-order valence-corrected chi connectivity index (χ0v) is 25.1. The van der Waals surface area contributed by atoms with Crippen LogP contribution < -0.4 is 25.7 Å². The predicted molar refractivity (Wildman–Crippen MR) is 167 cm³/mol. The quantitative estimate of drug-likeness (QED) is 0.189. The summed E-state index contributed by atoms with van der Waals surface area (Å²) in [6, 6.07) is 18.7. The molecule has 0 bridgehead atoms. The van der Waals surface area contributed by atoms with Crippen LogP contribution >= 0.6 is 0 Å². The highest BCUT2D eigenvalue weighted by molar-refractivity contribution is 6.05. The van der Waals surface area contributed by atoms with Crippen LogP contribution in [0.3, 0.4) is 0 Å². The second-order valence-electron chi connectivity index (χ2n) is 10.5. The number of carbonyl (C=O) groups excluding carboxylic acids is 1. The van der Waals surface area contributed by atoms with Gasteiger partial charge in [-0.25, -0.2) is 9.07 Å². The van der Waals surface area contributed by atoms with Crippen LogP contribution in [-0.2, 0) is 11.3 Å². The summed E-state index contributed by atoms with van der Waals surface area (Å²) in [5.41, 5.74) is 0.806. The van der Waals surface area contributed by atoms with E-state index in [4.69, 9.17) is 9.47 Å². The summed E-state index contributed by atoms with van der Waals surface area (Å²) in [6.07, 6.45) is 1.54. The maximum Gasteiger partial charge on any atom is 0.321 e. The molecule has 0 saturated carbocycles. The molecule has 3 N–H and O–H groups in total. The van der Waals surface area contributed by atoms with Crippen molar-refractivity contribution in [3.05, 3.63) is 106 Å². The van der Waals surface area contributed by atoms with Gasteiger partial charge in [-0.1, -0.05) is 25.1 Å². The highest BCUT2D eigenvalue weighted by Crippen LogP contribution is 2.33. The van der Waals surface area contributed by atoms with E-state index >= 15 is 4.39 Å². The summed E-state index contributed by atoms with van der Waals surface area (Å²) >= 11 is 0. The first-order valence-electron chi connectivity index (χ1n) is 14.1. The summed E-state index contributed by atoms with van der Waals surface area (Å²) < 4.78 is 29.3. The number of nitrogens with zero attached hydrogens (tertiary/aromatic N) is 3. The summed E-state index contributed by atoms with van der Waals surface area (Å²) in [5.74, 6) is -2.03. The summed E-state index contributed by atoms with van der Waals surface area (Å²) in [6.45, 7) is 3.48. The summed E-state index contributed by atoms with van der Waals surface area (Å²) in [5, 5.41) is 15.7. The van der Waals surface area contributed by atoms with E-state index in [2.05, 4.69) is 15.6 Å². The number of halogens is 1. The van der Waals surface area contributed by atoms with E-state index in [1.54, 1.807) is 93.5 Å². The standard InChI is InChI=1S/C33H32FN5O6/c1-19(30(35-3)33(42)43)18-38-20(2)29(32(41)39(38)22-8-6-5-7-9-22)31(40)37-21-10-13-28(25(34)16-21)45-27-14-15-36-26-17-23(44-4)11-12-24(26)27/h5-17,19,30,35H,18H2,1-4H3,(H,37,40)(H,42,43)/t19-,30?/m1/s1. The lowest BCUT2D eigenvalue weighted by Gasteiger charge is -2.23. The fourth-order valence-electron chi connectivity index (χ4n) is 5.28. The Hall–Kier alpha value is -5.49. The first-order valence-corrected chi connectivity index (χ1v) is 14.1. The van der Waals surface area contributed by atoms with Crippen molar-refractivity contribution in [1.82, 2.24) is 19.7 Å². The minimum Gasteiger partial charge on any atom is -0.497 e. The van der Waals surface area contributed by atoms with E-state index in [9.17, 15) is 19.5 Å².